The Hall–Kier alpha value is -6.59. The molecule has 5 nitrogen and oxygen atoms in total. The van der Waals surface area contributed by atoms with Crippen LogP contribution in [0.15, 0.2) is 171 Å². The van der Waals surface area contributed by atoms with Crippen molar-refractivity contribution in [1.82, 2.24) is 4.57 Å². The Morgan fingerprint density at radius 1 is 0.704 bits per heavy atom. The Balaban J connectivity index is 0.000000191. The van der Waals surface area contributed by atoms with Gasteiger partial charge >= 0.3 is 0 Å². The average molecular weight is 701 g/mol. The number of furan rings is 1. The second kappa shape index (κ2) is 14.4. The molecule has 0 saturated heterocycles. The first-order valence-electron chi connectivity index (χ1n) is 18.6. The maximum absolute atomic E-state index is 6.88. The van der Waals surface area contributed by atoms with Crippen LogP contribution in [0.5, 0.6) is 0 Å². The fraction of sp³-hybridized carbons (Fsp3) is 0.122. The minimum absolute atomic E-state index is 0.357. The van der Waals surface area contributed by atoms with Crippen molar-refractivity contribution in [3.63, 3.8) is 0 Å². The fourth-order valence-corrected chi connectivity index (χ4v) is 8.23. The third-order valence-corrected chi connectivity index (χ3v) is 10.7. The number of fused-ring (bicyclic) bond motifs is 12. The summed E-state index contributed by atoms with van der Waals surface area (Å²) in [5, 5.41) is 8.62. The summed E-state index contributed by atoms with van der Waals surface area (Å²) < 4.78 is 9.19. The number of amidine groups is 1. The van der Waals surface area contributed by atoms with Crippen LogP contribution in [0.3, 0.4) is 0 Å². The first-order chi connectivity index (χ1) is 26.7. The highest BCUT2D eigenvalue weighted by atomic mass is 16.3. The molecule has 0 amide bonds. The molecular formula is C49H40N4O. The summed E-state index contributed by atoms with van der Waals surface area (Å²) in [6, 6.07) is 41.9. The smallest absolute Gasteiger partial charge is 0.159 e. The first-order valence-corrected chi connectivity index (χ1v) is 18.6. The van der Waals surface area contributed by atoms with Crippen molar-refractivity contribution in [1.29, 1.82) is 0 Å². The summed E-state index contributed by atoms with van der Waals surface area (Å²) in [7, 11) is 0. The number of allylic oxidation sites excluding steroid dienone is 5. The van der Waals surface area contributed by atoms with E-state index in [1.54, 1.807) is 0 Å². The molecule has 2 aliphatic carbocycles. The van der Waals surface area contributed by atoms with Crippen LogP contribution < -0.4 is 0 Å². The minimum atomic E-state index is 0.357. The van der Waals surface area contributed by atoms with Crippen molar-refractivity contribution in [2.45, 2.75) is 32.5 Å². The molecule has 0 radical (unpaired) electrons. The number of hydrogen-bond acceptors (Lipinski definition) is 3. The van der Waals surface area contributed by atoms with E-state index in [4.69, 9.17) is 4.42 Å². The van der Waals surface area contributed by atoms with E-state index >= 15 is 0 Å². The van der Waals surface area contributed by atoms with Gasteiger partial charge in [-0.1, -0.05) is 152 Å². The lowest BCUT2D eigenvalue weighted by Crippen LogP contribution is -2.08. The Morgan fingerprint density at radius 3 is 2.17 bits per heavy atom. The molecule has 1 atom stereocenters. The van der Waals surface area contributed by atoms with Gasteiger partial charge in [-0.05, 0) is 53.6 Å². The second-order valence-electron chi connectivity index (χ2n) is 13.9. The second-order valence-corrected chi connectivity index (χ2v) is 13.9. The number of benzene rings is 6. The standard InChI is InChI=1S/C34H26N2O.C15H14N2/c1-35-20-36-32-24-12-6-5-11-22(24)15-18-28(32)30-25-13-7-8-14-26(25)31-27-17-16-23(21-9-3-2-4-10-21)19-29(27)37-34(31)33(30)36;1-16-15(14-10-6-3-7-11-14)17-12-13-8-4-2-5-9-13/h3,5-18,23H,1-2,4,19-20H2;2-11H,1,12H2. The Morgan fingerprint density at radius 2 is 1.43 bits per heavy atom. The van der Waals surface area contributed by atoms with E-state index in [-0.39, 0.29) is 0 Å². The van der Waals surface area contributed by atoms with Crippen molar-refractivity contribution < 1.29 is 4.42 Å². The van der Waals surface area contributed by atoms with Gasteiger partial charge in [0.05, 0.1) is 17.6 Å². The normalized spacial score (nSPS) is 15.4. The lowest BCUT2D eigenvalue weighted by Gasteiger charge is -2.19. The van der Waals surface area contributed by atoms with Crippen molar-refractivity contribution in [2.24, 2.45) is 20.9 Å². The van der Waals surface area contributed by atoms with Gasteiger partial charge in [0.1, 0.15) is 12.4 Å². The van der Waals surface area contributed by atoms with Crippen LogP contribution >= 0.6 is 0 Å². The first kappa shape index (κ1) is 33.3. The summed E-state index contributed by atoms with van der Waals surface area (Å²) in [5.74, 6) is 2.12. The molecule has 0 fully saturated rings. The maximum Gasteiger partial charge on any atom is 0.159 e. The van der Waals surface area contributed by atoms with Gasteiger partial charge in [-0.2, -0.15) is 0 Å². The van der Waals surface area contributed by atoms with Gasteiger partial charge in [0.15, 0.2) is 11.4 Å². The highest BCUT2D eigenvalue weighted by Gasteiger charge is 2.27. The van der Waals surface area contributed by atoms with Crippen LogP contribution in [0.1, 0.15) is 35.3 Å². The van der Waals surface area contributed by atoms with Crippen LogP contribution in [0.4, 0.5) is 0 Å². The fourth-order valence-electron chi connectivity index (χ4n) is 8.23. The topological polar surface area (TPSA) is 55.1 Å². The Labute approximate surface area is 314 Å². The van der Waals surface area contributed by atoms with Gasteiger partial charge < -0.3 is 8.98 Å². The van der Waals surface area contributed by atoms with Gasteiger partial charge in [-0.3, -0.25) is 9.98 Å². The van der Waals surface area contributed by atoms with E-state index in [0.29, 0.717) is 25.0 Å². The van der Waals surface area contributed by atoms with Crippen molar-refractivity contribution >= 4 is 79.7 Å². The van der Waals surface area contributed by atoms with Gasteiger partial charge in [-0.25, -0.2) is 4.99 Å². The molecule has 0 aliphatic heterocycles. The predicted molar refractivity (Wildman–Crippen MR) is 229 cm³/mol. The van der Waals surface area contributed by atoms with Crippen LogP contribution in [0, 0.1) is 5.92 Å². The summed E-state index contributed by atoms with van der Waals surface area (Å²) in [4.78, 5) is 12.8. The molecule has 1 unspecified atom stereocenters. The predicted octanol–water partition coefficient (Wildman–Crippen LogP) is 12.3. The number of nitrogens with zero attached hydrogens (tertiary/aromatic N) is 4. The van der Waals surface area contributed by atoms with E-state index in [1.165, 1.54) is 59.9 Å². The molecule has 5 heteroatoms. The van der Waals surface area contributed by atoms with Crippen LogP contribution in [-0.4, -0.2) is 23.8 Å². The van der Waals surface area contributed by atoms with Crippen molar-refractivity contribution in [3.05, 3.63) is 174 Å². The van der Waals surface area contributed by atoms with E-state index in [0.717, 1.165) is 41.7 Å². The average Bonchev–Trinajstić information content (AvgIpc) is 3.79. The Bertz CT molecular complexity index is 2830. The van der Waals surface area contributed by atoms with Gasteiger partial charge in [0, 0.05) is 45.0 Å². The highest BCUT2D eigenvalue weighted by molar-refractivity contribution is 6.33. The Kier molecular flexibility index (Phi) is 8.89. The molecular weight excluding hydrogens is 661 g/mol. The molecule has 0 spiro atoms. The zero-order valence-electron chi connectivity index (χ0n) is 30.2. The molecule has 10 rings (SSSR count). The molecule has 0 N–H and O–H groups in total. The zero-order valence-corrected chi connectivity index (χ0v) is 30.2. The largest absolute Gasteiger partial charge is 0.458 e. The van der Waals surface area contributed by atoms with Gasteiger partial charge in [0.25, 0.3) is 0 Å². The maximum atomic E-state index is 6.88. The monoisotopic (exact) mass is 700 g/mol. The minimum Gasteiger partial charge on any atom is -0.458 e. The number of aliphatic imine (C=N–C) groups is 3. The molecule has 0 saturated carbocycles. The third-order valence-electron chi connectivity index (χ3n) is 10.7. The van der Waals surface area contributed by atoms with Crippen LogP contribution in [0.2, 0.25) is 0 Å². The molecule has 2 heterocycles. The van der Waals surface area contributed by atoms with E-state index in [9.17, 15) is 0 Å². The number of aromatic nitrogens is 1. The zero-order chi connectivity index (χ0) is 36.4. The summed E-state index contributed by atoms with van der Waals surface area (Å²) in [6.45, 7) is 8.55. The van der Waals surface area contributed by atoms with Crippen molar-refractivity contribution in [2.75, 3.05) is 0 Å². The van der Waals surface area contributed by atoms with Gasteiger partial charge in [0.2, 0.25) is 0 Å². The summed E-state index contributed by atoms with van der Waals surface area (Å²) in [5.41, 5.74) is 8.06. The van der Waals surface area contributed by atoms with E-state index in [2.05, 4.69) is 136 Å². The SMILES string of the molecule is C=NC(=NCc1ccccc1)c1ccccc1.C=NCn1c2c3ccccc3ccc2c2c3ccccc3c3c4c(oc3c21)CC(C1=CCCC=C1)C=C4. The molecule has 0 bridgehead atoms. The molecule has 8 aromatic rings. The molecule has 6 aromatic carbocycles. The number of hydrogen-bond donors (Lipinski definition) is 0. The van der Waals surface area contributed by atoms with E-state index < -0.39 is 0 Å². The molecule has 262 valence electrons. The molecule has 2 aromatic heterocycles. The van der Waals surface area contributed by atoms with Crippen LogP contribution in [-0.2, 0) is 19.6 Å². The van der Waals surface area contributed by atoms with Gasteiger partial charge in [-0.15, -0.1) is 0 Å². The lowest BCUT2D eigenvalue weighted by atomic mass is 9.85. The van der Waals surface area contributed by atoms with Crippen LogP contribution in [0.25, 0.3) is 60.4 Å². The summed E-state index contributed by atoms with van der Waals surface area (Å²) >= 11 is 0. The molecule has 54 heavy (non-hydrogen) atoms. The molecule has 2 aliphatic rings. The highest BCUT2D eigenvalue weighted by Crippen LogP contribution is 2.47. The third kappa shape index (κ3) is 5.88. The lowest BCUT2D eigenvalue weighted by molar-refractivity contribution is 0.522. The number of rotatable bonds is 6. The summed E-state index contributed by atoms with van der Waals surface area (Å²) in [6.07, 6.45) is 14.8. The van der Waals surface area contributed by atoms with E-state index in [1.807, 2.05) is 48.5 Å². The van der Waals surface area contributed by atoms with Crippen molar-refractivity contribution in [3.8, 4) is 0 Å². The quantitative estimate of drug-likeness (QED) is 0.126.